The lowest BCUT2D eigenvalue weighted by Crippen LogP contribution is -2.71. The van der Waals surface area contributed by atoms with Gasteiger partial charge in [-0.25, -0.2) is 52.9 Å². The van der Waals surface area contributed by atoms with Gasteiger partial charge in [-0.05, 0) is 47.1 Å². The normalized spacial score (nSPS) is 19.5. The highest BCUT2D eigenvalue weighted by Crippen LogP contribution is 2.42. The molecule has 6 atom stereocenters. The highest BCUT2D eigenvalue weighted by molar-refractivity contribution is 8.00. The SMILES string of the molecule is CC(C)(O/N=C(\C(=O)NC(C(=O)Nc1nc(/C(=N/OC(C)(C)C(=O)O)C(=O)N[C@@H]2C(=O)N3C(C(=O)O)=C(CNc4nc(/C(=N/OC(C)(C)C(=O)O)C(=O)N[C@@H]5C(=O)N6C(C(=O)O)=C(C[n+]7ccccc7)CS[C@H]56)cs4)CS[C@H]23)cs1)C1NC(C(=O)O)=C(C[n+]2ccccc2)CS1)c1csc(N)n1)C(=O)O. The molecule has 6 amide bonds. The molecule has 5 aliphatic heterocycles. The number of carboxylic acid groups (broad SMARTS) is 6. The third kappa shape index (κ3) is 17.1. The first kappa shape index (κ1) is 76.5. The second kappa shape index (κ2) is 31.5. The number of oxime groups is 3. The molecular formula is C61H63N17O21S6+2. The Morgan fingerprint density at radius 1 is 0.571 bits per heavy atom. The molecule has 552 valence electrons. The second-order valence-electron chi connectivity index (χ2n) is 24.5. The molecule has 0 saturated carbocycles. The standard InChI is InChI=1S/C61H61N17O21S6/c1-59(2,53(91)92)97-72-33(29-23-103-56(62)64-29)41(79)67-36(45-70-32(50(85)86)27(21-100-45)18-75-13-9-7-10-14-75)44(82)71-58-66-31(25-105-58)35(74-99-61(5,6)55(95)96)43(81)68-37-46(83)77-39(51(87)88)26(20-101-48(37)77)17-63-57-65-30(24-104-57)34(73-98-60(3,4)54(93)94)42(80)69-38-47(84)78-40(52(89)90)28(22-102-49(38)78)19-76-15-11-8-12-16-76/h7-16,23-25,36-38,45,48-49,70H,17-22H2,1-6H3,(H11-2,62,63,64,65,66,67,68,69,71,79,80,81,82,85,86,87,88,89,90,91,92,93,94,95,96)/p+2/b72-33-,73-34-,74-35-/t36?,37-,38-,45?,48-,49-/m1/s1. The fraction of sp³-hybridized carbons (Fsp3) is 0.344. The number of pyridine rings is 2. The van der Waals surface area contributed by atoms with Gasteiger partial charge in [0, 0.05) is 75.4 Å². The number of nitrogens with two attached hydrogens (primary N) is 1. The van der Waals surface area contributed by atoms with E-state index in [0.29, 0.717) is 22.5 Å². The minimum atomic E-state index is -2.11. The first-order valence-corrected chi connectivity index (χ1v) is 36.5. The Balaban J connectivity index is 0.851. The number of nitrogen functional groups attached to an aromatic ring is 1. The fourth-order valence-electron chi connectivity index (χ4n) is 9.99. The van der Waals surface area contributed by atoms with Crippen LogP contribution in [0.2, 0.25) is 0 Å². The molecular weight excluding hydrogens is 1500 g/mol. The molecule has 0 radical (unpaired) electrons. The molecule has 5 aliphatic rings. The number of aromatic nitrogens is 5. The molecule has 2 fully saturated rings. The summed E-state index contributed by atoms with van der Waals surface area (Å²) >= 11 is 5.68. The lowest BCUT2D eigenvalue weighted by Gasteiger charge is -2.49. The van der Waals surface area contributed by atoms with Crippen LogP contribution in [0.3, 0.4) is 0 Å². The van der Waals surface area contributed by atoms with Crippen molar-refractivity contribution in [3.8, 4) is 0 Å². The lowest BCUT2D eigenvalue weighted by molar-refractivity contribution is -0.689. The van der Waals surface area contributed by atoms with Crippen molar-refractivity contribution in [2.75, 3.05) is 40.2 Å². The van der Waals surface area contributed by atoms with Crippen molar-refractivity contribution in [1.82, 2.24) is 46.0 Å². The summed E-state index contributed by atoms with van der Waals surface area (Å²) in [6.45, 7) is 6.76. The molecule has 0 aliphatic carbocycles. The zero-order valence-corrected chi connectivity index (χ0v) is 60.4. The summed E-state index contributed by atoms with van der Waals surface area (Å²) in [5.41, 5.74) is -3.10. The van der Waals surface area contributed by atoms with Crippen molar-refractivity contribution in [3.63, 3.8) is 0 Å². The zero-order valence-electron chi connectivity index (χ0n) is 55.5. The third-order valence-corrected chi connectivity index (χ3v) is 21.9. The van der Waals surface area contributed by atoms with Crippen LogP contribution >= 0.6 is 69.3 Å². The van der Waals surface area contributed by atoms with Crippen molar-refractivity contribution in [1.29, 1.82) is 0 Å². The molecule has 5 aromatic rings. The van der Waals surface area contributed by atoms with Gasteiger partial charge in [0.25, 0.3) is 35.4 Å². The molecule has 0 spiro atoms. The Hall–Kier alpha value is -11.1. The van der Waals surface area contributed by atoms with Crippen LogP contribution < -0.4 is 46.8 Å². The van der Waals surface area contributed by atoms with Gasteiger partial charge in [0.1, 0.15) is 68.4 Å². The Labute approximate surface area is 616 Å². The summed E-state index contributed by atoms with van der Waals surface area (Å²) in [6, 6.07) is 6.00. The molecule has 105 heavy (non-hydrogen) atoms. The van der Waals surface area contributed by atoms with E-state index in [-0.39, 0.29) is 80.6 Å². The first-order valence-electron chi connectivity index (χ1n) is 30.7. The minimum Gasteiger partial charge on any atom is -0.478 e. The number of carbonyl (C=O) groups excluding carboxylic acids is 6. The van der Waals surface area contributed by atoms with Gasteiger partial charge in [0.15, 0.2) is 70.4 Å². The summed E-state index contributed by atoms with van der Waals surface area (Å²) in [6.07, 6.45) is 6.87. The van der Waals surface area contributed by atoms with Crippen molar-refractivity contribution in [3.05, 3.63) is 128 Å². The van der Waals surface area contributed by atoms with Crippen LogP contribution in [0.4, 0.5) is 15.4 Å². The predicted molar refractivity (Wildman–Crippen MR) is 375 cm³/mol. The molecule has 5 aromatic heterocycles. The van der Waals surface area contributed by atoms with E-state index in [1.807, 2.05) is 0 Å². The van der Waals surface area contributed by atoms with Gasteiger partial charge in [-0.15, -0.1) is 69.3 Å². The van der Waals surface area contributed by atoms with E-state index in [1.165, 1.54) is 27.9 Å². The maximum Gasteiger partial charge on any atom is 0.352 e. The number of rotatable bonds is 31. The van der Waals surface area contributed by atoms with Crippen LogP contribution in [0.5, 0.6) is 0 Å². The number of hydrogen-bond acceptors (Lipinski definition) is 30. The number of β-lactam (4-membered cyclic amide) rings is 2. The summed E-state index contributed by atoms with van der Waals surface area (Å²) in [7, 11) is 0. The Kier molecular flexibility index (Phi) is 22.9. The van der Waals surface area contributed by atoms with E-state index in [1.54, 1.807) is 70.3 Å². The van der Waals surface area contributed by atoms with E-state index in [2.05, 4.69) is 62.3 Å². The highest BCUT2D eigenvalue weighted by Gasteiger charge is 2.56. The summed E-state index contributed by atoms with van der Waals surface area (Å²) < 4.78 is 3.45. The van der Waals surface area contributed by atoms with Gasteiger partial charge in [-0.3, -0.25) is 38.6 Å². The van der Waals surface area contributed by atoms with Crippen molar-refractivity contribution in [2.45, 2.75) is 106 Å². The first-order chi connectivity index (χ1) is 49.6. The number of anilines is 3. The van der Waals surface area contributed by atoms with E-state index in [0.717, 1.165) is 97.5 Å². The second-order valence-corrected chi connectivity index (χ2v) is 30.4. The summed E-state index contributed by atoms with van der Waals surface area (Å²) in [4.78, 5) is 191. The van der Waals surface area contributed by atoms with E-state index in [9.17, 15) is 88.2 Å². The number of amides is 6. The van der Waals surface area contributed by atoms with Gasteiger partial charge >= 0.3 is 35.8 Å². The van der Waals surface area contributed by atoms with Crippen LogP contribution in [-0.2, 0) is 85.1 Å². The fourth-order valence-corrected chi connectivity index (χ4v) is 15.8. The average molecular weight is 1560 g/mol. The van der Waals surface area contributed by atoms with Gasteiger partial charge < -0.3 is 82.8 Å². The molecule has 38 nitrogen and oxygen atoms in total. The molecule has 0 bridgehead atoms. The monoisotopic (exact) mass is 1560 g/mol. The zero-order chi connectivity index (χ0) is 76.1. The Bertz CT molecular complexity index is 4590. The van der Waals surface area contributed by atoms with Crippen LogP contribution in [0, 0.1) is 0 Å². The van der Waals surface area contributed by atoms with E-state index in [4.69, 9.17) is 20.2 Å². The topological polar surface area (TPSA) is 542 Å². The number of aliphatic carboxylic acids is 6. The molecule has 44 heteroatoms. The van der Waals surface area contributed by atoms with E-state index >= 15 is 0 Å². The van der Waals surface area contributed by atoms with Gasteiger partial charge in [-0.2, -0.15) is 0 Å². The number of hydrogen-bond donors (Lipinski definition) is 13. The van der Waals surface area contributed by atoms with E-state index < -0.39 is 151 Å². The Morgan fingerprint density at radius 2 is 0.990 bits per heavy atom. The largest absolute Gasteiger partial charge is 0.478 e. The smallest absolute Gasteiger partial charge is 0.352 e. The number of nitrogens with zero attached hydrogens (tertiary/aromatic N) is 10. The van der Waals surface area contributed by atoms with Crippen LogP contribution in [0.25, 0.3) is 0 Å². The van der Waals surface area contributed by atoms with Gasteiger partial charge in [0.2, 0.25) is 16.8 Å². The van der Waals surface area contributed by atoms with Crippen LogP contribution in [0.1, 0.15) is 58.6 Å². The van der Waals surface area contributed by atoms with Crippen molar-refractivity contribution >= 4 is 173 Å². The summed E-state index contributed by atoms with van der Waals surface area (Å²) in [5.74, 6) is -14.9. The molecule has 14 N–H and O–H groups in total. The minimum absolute atomic E-state index is 0.00640. The number of nitrogens with one attached hydrogen (secondary N) is 6. The van der Waals surface area contributed by atoms with Crippen LogP contribution in [0.15, 0.2) is 127 Å². The lowest BCUT2D eigenvalue weighted by atomic mass is 10.0. The number of carbonyl (C=O) groups is 12. The average Bonchev–Trinajstić information content (AvgIpc) is 1.53. The molecule has 10 rings (SSSR count). The number of thioether (sulfide) groups is 3. The van der Waals surface area contributed by atoms with Crippen molar-refractivity contribution in [2.24, 2.45) is 15.5 Å². The van der Waals surface area contributed by atoms with Gasteiger partial charge in [0.05, 0.1) is 0 Å². The number of thiazole rings is 3. The molecule has 10 heterocycles. The van der Waals surface area contributed by atoms with Crippen molar-refractivity contribution < 1.29 is 112 Å². The molecule has 2 saturated heterocycles. The maximum absolute atomic E-state index is 14.7. The maximum atomic E-state index is 14.7. The predicted octanol–water partition coefficient (Wildman–Crippen LogP) is 0.0794. The third-order valence-electron chi connectivity index (χ3n) is 15.8. The Morgan fingerprint density at radius 3 is 1.45 bits per heavy atom. The number of fused-ring (bicyclic) bond motifs is 2. The molecule has 0 aromatic carbocycles. The highest BCUT2D eigenvalue weighted by atomic mass is 32.2. The van der Waals surface area contributed by atoms with Crippen LogP contribution in [-0.4, -0.2) is 219 Å². The summed E-state index contributed by atoms with van der Waals surface area (Å²) in [5, 5.41) is 88.4. The van der Waals surface area contributed by atoms with Gasteiger partial charge in [-0.1, -0.05) is 27.6 Å². The quantitative estimate of drug-likeness (QED) is 0.0121. The molecule has 2 unspecified atom stereocenters. The number of carboxylic acids is 6.